The van der Waals surface area contributed by atoms with E-state index in [1.165, 1.54) is 14.2 Å². The number of fused-ring (bicyclic) bond motifs is 5. The highest BCUT2D eigenvalue weighted by Crippen LogP contribution is 2.49. The Kier molecular flexibility index (Phi) is 5.40. The van der Waals surface area contributed by atoms with Gasteiger partial charge in [0.25, 0.3) is 11.8 Å². The van der Waals surface area contributed by atoms with Gasteiger partial charge in [-0.2, -0.15) is 5.10 Å². The Morgan fingerprint density at radius 3 is 2.65 bits per heavy atom. The summed E-state index contributed by atoms with van der Waals surface area (Å²) in [5, 5.41) is 9.21. The van der Waals surface area contributed by atoms with Crippen molar-refractivity contribution in [1.82, 2.24) is 15.1 Å². The van der Waals surface area contributed by atoms with Crippen molar-refractivity contribution < 1.29 is 23.9 Å². The van der Waals surface area contributed by atoms with Crippen molar-refractivity contribution in [2.24, 2.45) is 0 Å². The first kappa shape index (κ1) is 21.5. The zero-order valence-corrected chi connectivity index (χ0v) is 18.7. The third-order valence-corrected chi connectivity index (χ3v) is 6.06. The smallest absolute Gasteiger partial charge is 0.264 e. The van der Waals surface area contributed by atoms with Crippen molar-refractivity contribution in [1.29, 1.82) is 0 Å². The SMILES string of the molecule is COc1ccc2c(c1OC)C(=O)N1c3ccccc3C(=O)N(CCCC(=O)Nc3ccn[nH]3)[C@@H]21. The molecule has 0 fully saturated rings. The predicted octanol–water partition coefficient (Wildman–Crippen LogP) is 2.96. The van der Waals surface area contributed by atoms with Gasteiger partial charge in [-0.1, -0.05) is 18.2 Å². The molecule has 0 saturated carbocycles. The number of rotatable bonds is 7. The lowest BCUT2D eigenvalue weighted by Crippen LogP contribution is -2.48. The van der Waals surface area contributed by atoms with Gasteiger partial charge in [-0.15, -0.1) is 0 Å². The normalized spacial score (nSPS) is 16.1. The minimum absolute atomic E-state index is 0.193. The summed E-state index contributed by atoms with van der Waals surface area (Å²) in [6.07, 6.45) is 1.52. The van der Waals surface area contributed by atoms with E-state index >= 15 is 0 Å². The molecule has 0 spiro atoms. The highest BCUT2D eigenvalue weighted by atomic mass is 16.5. The van der Waals surface area contributed by atoms with Crippen molar-refractivity contribution in [3.05, 3.63) is 65.4 Å². The highest BCUT2D eigenvalue weighted by molar-refractivity contribution is 6.18. The van der Waals surface area contributed by atoms with Gasteiger partial charge in [-0.05, 0) is 24.6 Å². The summed E-state index contributed by atoms with van der Waals surface area (Å²) in [5.41, 5.74) is 2.02. The van der Waals surface area contributed by atoms with Crippen LogP contribution < -0.4 is 19.7 Å². The fourth-order valence-electron chi connectivity index (χ4n) is 4.60. The molecule has 174 valence electrons. The van der Waals surface area contributed by atoms with Crippen LogP contribution in [-0.2, 0) is 4.79 Å². The number of carbonyl (C=O) groups excluding carboxylic acids is 3. The molecule has 5 rings (SSSR count). The fraction of sp³-hybridized carbons (Fsp3) is 0.250. The van der Waals surface area contributed by atoms with Crippen molar-refractivity contribution in [2.45, 2.75) is 19.0 Å². The molecule has 2 aliphatic rings. The lowest BCUT2D eigenvalue weighted by molar-refractivity contribution is -0.116. The van der Waals surface area contributed by atoms with Crippen molar-refractivity contribution in [3.63, 3.8) is 0 Å². The molecule has 3 amide bonds. The largest absolute Gasteiger partial charge is 0.493 e. The molecule has 0 unspecified atom stereocenters. The summed E-state index contributed by atoms with van der Waals surface area (Å²) in [6.45, 7) is 0.284. The van der Waals surface area contributed by atoms with Crippen LogP contribution in [0.25, 0.3) is 0 Å². The Labute approximate surface area is 195 Å². The van der Waals surface area contributed by atoms with Gasteiger partial charge >= 0.3 is 0 Å². The van der Waals surface area contributed by atoms with Gasteiger partial charge in [0.05, 0.1) is 37.2 Å². The second kappa shape index (κ2) is 8.54. The predicted molar refractivity (Wildman–Crippen MR) is 123 cm³/mol. The fourth-order valence-corrected chi connectivity index (χ4v) is 4.60. The third kappa shape index (κ3) is 3.35. The number of amides is 3. The highest BCUT2D eigenvalue weighted by Gasteiger charge is 2.49. The standard InChI is InChI=1S/C24H23N5O5/c1-33-17-10-9-15-20(21(17)34-2)24(32)29-16-7-4-3-6-14(16)23(31)28(22(15)29)13-5-8-19(30)26-18-11-12-25-27-18/h3-4,6-7,9-12,22H,5,8,13H2,1-2H3,(H2,25,26,27,30)/t22-/m1/s1. The molecule has 34 heavy (non-hydrogen) atoms. The van der Waals surface area contributed by atoms with Crippen LogP contribution in [0.4, 0.5) is 11.5 Å². The second-order valence-electron chi connectivity index (χ2n) is 7.95. The zero-order valence-electron chi connectivity index (χ0n) is 18.7. The first-order valence-electron chi connectivity index (χ1n) is 10.8. The molecule has 0 aliphatic carbocycles. The number of carbonyl (C=O) groups is 3. The van der Waals surface area contributed by atoms with Crippen LogP contribution in [0.2, 0.25) is 0 Å². The number of hydrogen-bond acceptors (Lipinski definition) is 6. The first-order valence-corrected chi connectivity index (χ1v) is 10.8. The monoisotopic (exact) mass is 461 g/mol. The summed E-state index contributed by atoms with van der Waals surface area (Å²) in [6, 6.07) is 12.2. The molecule has 10 heteroatoms. The average molecular weight is 461 g/mol. The van der Waals surface area contributed by atoms with E-state index in [9.17, 15) is 14.4 Å². The van der Waals surface area contributed by atoms with E-state index in [1.807, 2.05) is 0 Å². The van der Waals surface area contributed by atoms with Gasteiger partial charge < -0.3 is 19.7 Å². The summed E-state index contributed by atoms with van der Waals surface area (Å²) in [4.78, 5) is 42.7. The number of aromatic nitrogens is 2. The van der Waals surface area contributed by atoms with Crippen LogP contribution in [0.3, 0.4) is 0 Å². The number of methoxy groups -OCH3 is 2. The number of para-hydroxylation sites is 1. The first-order chi connectivity index (χ1) is 16.5. The van der Waals surface area contributed by atoms with Gasteiger partial charge in [0.15, 0.2) is 11.5 Å². The summed E-state index contributed by atoms with van der Waals surface area (Å²) in [7, 11) is 2.99. The molecule has 3 heterocycles. The van der Waals surface area contributed by atoms with E-state index < -0.39 is 6.17 Å². The van der Waals surface area contributed by atoms with E-state index in [-0.39, 0.29) is 30.7 Å². The Morgan fingerprint density at radius 1 is 1.09 bits per heavy atom. The molecule has 0 radical (unpaired) electrons. The maximum atomic E-state index is 13.6. The molecule has 2 N–H and O–H groups in total. The van der Waals surface area contributed by atoms with Crippen molar-refractivity contribution >= 4 is 29.2 Å². The number of nitrogens with one attached hydrogen (secondary N) is 2. The minimum Gasteiger partial charge on any atom is -0.493 e. The molecular formula is C24H23N5O5. The Bertz CT molecular complexity index is 1270. The minimum atomic E-state index is -0.639. The average Bonchev–Trinajstić information content (AvgIpc) is 3.46. The van der Waals surface area contributed by atoms with E-state index in [2.05, 4.69) is 15.5 Å². The van der Waals surface area contributed by atoms with Gasteiger partial charge in [-0.25, -0.2) is 0 Å². The van der Waals surface area contributed by atoms with Crippen LogP contribution in [0.15, 0.2) is 48.7 Å². The van der Waals surface area contributed by atoms with Gasteiger partial charge in [0.1, 0.15) is 12.0 Å². The summed E-state index contributed by atoms with van der Waals surface area (Å²) in [5.74, 6) is 0.633. The summed E-state index contributed by atoms with van der Waals surface area (Å²) < 4.78 is 10.9. The summed E-state index contributed by atoms with van der Waals surface area (Å²) >= 11 is 0. The maximum absolute atomic E-state index is 13.6. The zero-order chi connectivity index (χ0) is 23.8. The third-order valence-electron chi connectivity index (χ3n) is 6.06. The quantitative estimate of drug-likeness (QED) is 0.559. The molecule has 2 aliphatic heterocycles. The molecule has 10 nitrogen and oxygen atoms in total. The van der Waals surface area contributed by atoms with Crippen LogP contribution in [0.5, 0.6) is 11.5 Å². The number of H-pyrrole nitrogens is 1. The molecular weight excluding hydrogens is 438 g/mol. The van der Waals surface area contributed by atoms with E-state index in [0.29, 0.717) is 46.1 Å². The van der Waals surface area contributed by atoms with Crippen molar-refractivity contribution in [2.75, 3.05) is 31.0 Å². The van der Waals surface area contributed by atoms with Gasteiger partial charge in [-0.3, -0.25) is 24.4 Å². The Balaban J connectivity index is 1.48. The van der Waals surface area contributed by atoms with Gasteiger partial charge in [0.2, 0.25) is 5.91 Å². The van der Waals surface area contributed by atoms with Gasteiger partial charge in [0, 0.05) is 24.6 Å². The number of nitrogens with zero attached hydrogens (tertiary/aromatic N) is 3. The molecule has 1 atom stereocenters. The molecule has 2 aromatic carbocycles. The van der Waals surface area contributed by atoms with Crippen LogP contribution in [0, 0.1) is 0 Å². The molecule has 1 aromatic heterocycles. The Hall–Kier alpha value is -4.34. The molecule has 3 aromatic rings. The number of anilines is 2. The number of aromatic amines is 1. The number of hydrogen-bond donors (Lipinski definition) is 2. The van der Waals surface area contributed by atoms with E-state index in [0.717, 1.165) is 0 Å². The number of benzene rings is 2. The number of ether oxygens (including phenoxy) is 2. The lowest BCUT2D eigenvalue weighted by atomic mass is 10.0. The molecule has 0 bridgehead atoms. The van der Waals surface area contributed by atoms with Crippen LogP contribution in [-0.4, -0.2) is 53.6 Å². The molecule has 0 saturated heterocycles. The van der Waals surface area contributed by atoms with E-state index in [4.69, 9.17) is 9.47 Å². The topological polar surface area (TPSA) is 117 Å². The maximum Gasteiger partial charge on any atom is 0.264 e. The Morgan fingerprint density at radius 2 is 1.91 bits per heavy atom. The van der Waals surface area contributed by atoms with Crippen molar-refractivity contribution in [3.8, 4) is 11.5 Å². The lowest BCUT2D eigenvalue weighted by Gasteiger charge is -2.41. The van der Waals surface area contributed by atoms with Crippen LogP contribution >= 0.6 is 0 Å². The van der Waals surface area contributed by atoms with Crippen LogP contribution in [0.1, 0.15) is 45.3 Å². The van der Waals surface area contributed by atoms with E-state index in [1.54, 1.807) is 58.5 Å². The second-order valence-corrected chi connectivity index (χ2v) is 7.95.